The van der Waals surface area contributed by atoms with Crippen molar-refractivity contribution in [1.82, 2.24) is 10.6 Å². The van der Waals surface area contributed by atoms with Gasteiger partial charge in [0.05, 0.1) is 12.1 Å². The largest absolute Gasteiger partial charge is 0.345 e. The summed E-state index contributed by atoms with van der Waals surface area (Å²) in [7, 11) is 0. The maximum atomic E-state index is 13.5. The fraction of sp³-hybridized carbons (Fsp3) is 0.321. The van der Waals surface area contributed by atoms with Crippen LogP contribution in [0.3, 0.4) is 0 Å². The second-order valence-electron chi connectivity index (χ2n) is 9.05. The third kappa shape index (κ3) is 4.59. The summed E-state index contributed by atoms with van der Waals surface area (Å²) in [5.74, 6) is -0.564. The lowest BCUT2D eigenvalue weighted by Crippen LogP contribution is -2.36. The van der Waals surface area contributed by atoms with Gasteiger partial charge in [-0.3, -0.25) is 14.4 Å². The summed E-state index contributed by atoms with van der Waals surface area (Å²) >= 11 is 0. The predicted molar refractivity (Wildman–Crippen MR) is 135 cm³/mol. The molecule has 1 aliphatic rings. The van der Waals surface area contributed by atoms with Crippen LogP contribution in [0.2, 0.25) is 0 Å². The zero-order chi connectivity index (χ0) is 24.4. The van der Waals surface area contributed by atoms with Gasteiger partial charge in [-0.1, -0.05) is 42.5 Å². The molecule has 0 saturated carbocycles. The van der Waals surface area contributed by atoms with E-state index in [0.29, 0.717) is 27.9 Å². The lowest BCUT2D eigenvalue weighted by molar-refractivity contribution is -0.117. The van der Waals surface area contributed by atoms with E-state index in [1.165, 1.54) is 6.92 Å². The van der Waals surface area contributed by atoms with E-state index in [-0.39, 0.29) is 29.7 Å². The van der Waals surface area contributed by atoms with E-state index in [2.05, 4.69) is 16.0 Å². The van der Waals surface area contributed by atoms with Gasteiger partial charge in [-0.25, -0.2) is 0 Å². The third-order valence-corrected chi connectivity index (χ3v) is 6.73. The van der Waals surface area contributed by atoms with Crippen LogP contribution in [0.25, 0.3) is 10.8 Å². The fourth-order valence-corrected chi connectivity index (χ4v) is 4.85. The van der Waals surface area contributed by atoms with Crippen molar-refractivity contribution in [3.63, 3.8) is 0 Å². The van der Waals surface area contributed by atoms with Gasteiger partial charge >= 0.3 is 0 Å². The summed E-state index contributed by atoms with van der Waals surface area (Å²) in [6.07, 6.45) is 1.72. The van der Waals surface area contributed by atoms with Crippen LogP contribution in [0.1, 0.15) is 70.1 Å². The molecule has 0 unspecified atom stereocenters. The Morgan fingerprint density at radius 1 is 1.03 bits per heavy atom. The van der Waals surface area contributed by atoms with Gasteiger partial charge in [-0.2, -0.15) is 0 Å². The van der Waals surface area contributed by atoms with Gasteiger partial charge in [0.1, 0.15) is 0 Å². The molecular weight excluding hydrogens is 426 g/mol. The fourth-order valence-electron chi connectivity index (χ4n) is 4.85. The first-order valence-electron chi connectivity index (χ1n) is 11.8. The molecule has 0 bridgehead atoms. The molecule has 0 spiro atoms. The molecule has 3 N–H and O–H groups in total. The molecule has 0 radical (unpaired) electrons. The van der Waals surface area contributed by atoms with Crippen LogP contribution in [0, 0.1) is 13.8 Å². The minimum Gasteiger partial charge on any atom is -0.345 e. The predicted octanol–water partition coefficient (Wildman–Crippen LogP) is 4.84. The average molecular weight is 458 g/mol. The van der Waals surface area contributed by atoms with Gasteiger partial charge in [0.15, 0.2) is 5.78 Å². The Kier molecular flexibility index (Phi) is 6.80. The number of anilines is 1. The highest BCUT2D eigenvalue weighted by atomic mass is 16.2. The molecule has 6 heteroatoms. The van der Waals surface area contributed by atoms with Crippen molar-refractivity contribution in [2.75, 3.05) is 11.9 Å². The number of fused-ring (bicyclic) bond motifs is 1. The zero-order valence-electron chi connectivity index (χ0n) is 20.1. The van der Waals surface area contributed by atoms with Crippen LogP contribution in [-0.4, -0.2) is 30.2 Å². The minimum absolute atomic E-state index is 0.144. The molecule has 1 heterocycles. The van der Waals surface area contributed by atoms with Gasteiger partial charge in [-0.15, -0.1) is 0 Å². The Morgan fingerprint density at radius 2 is 1.76 bits per heavy atom. The minimum atomic E-state index is -0.270. The molecule has 1 aliphatic heterocycles. The van der Waals surface area contributed by atoms with Crippen LogP contribution in [-0.2, 0) is 4.79 Å². The van der Waals surface area contributed by atoms with E-state index >= 15 is 0 Å². The van der Waals surface area contributed by atoms with E-state index in [4.69, 9.17) is 0 Å². The van der Waals surface area contributed by atoms with E-state index in [0.717, 1.165) is 35.7 Å². The van der Waals surface area contributed by atoms with Crippen molar-refractivity contribution in [3.8, 4) is 0 Å². The van der Waals surface area contributed by atoms with Gasteiger partial charge in [0.2, 0.25) is 5.91 Å². The van der Waals surface area contributed by atoms with E-state index in [1.807, 2.05) is 56.3 Å². The SMILES string of the molecule is CC(=O)c1cc(NC(=O)[C@@H]2CCCN2)c(C)c(C(=O)N[C@H](C)c2cccc3ccccc23)c1C. The molecule has 6 nitrogen and oxygen atoms in total. The molecule has 1 saturated heterocycles. The Balaban J connectivity index is 1.67. The van der Waals surface area contributed by atoms with E-state index in [9.17, 15) is 14.4 Å². The third-order valence-electron chi connectivity index (χ3n) is 6.73. The van der Waals surface area contributed by atoms with Crippen LogP contribution in [0.4, 0.5) is 5.69 Å². The first-order valence-corrected chi connectivity index (χ1v) is 11.8. The number of carbonyl (C=O) groups excluding carboxylic acids is 3. The quantitative estimate of drug-likeness (QED) is 0.462. The summed E-state index contributed by atoms with van der Waals surface area (Å²) < 4.78 is 0. The number of hydrogen-bond donors (Lipinski definition) is 3. The second-order valence-corrected chi connectivity index (χ2v) is 9.05. The molecule has 34 heavy (non-hydrogen) atoms. The van der Waals surface area contributed by atoms with E-state index in [1.54, 1.807) is 13.0 Å². The molecular formula is C28H31N3O3. The Hall–Kier alpha value is -3.51. The number of nitrogens with one attached hydrogen (secondary N) is 3. The summed E-state index contributed by atoms with van der Waals surface area (Å²) in [6.45, 7) is 7.83. The summed E-state index contributed by atoms with van der Waals surface area (Å²) in [6, 6.07) is 15.3. The molecule has 0 aromatic heterocycles. The van der Waals surface area contributed by atoms with E-state index < -0.39 is 0 Å². The number of ketones is 1. The maximum Gasteiger partial charge on any atom is 0.252 e. The number of hydrogen-bond acceptors (Lipinski definition) is 4. The normalized spacial score (nSPS) is 16.3. The molecule has 2 atom stereocenters. The highest BCUT2D eigenvalue weighted by molar-refractivity contribution is 6.07. The second kappa shape index (κ2) is 9.77. The number of benzene rings is 3. The molecule has 1 fully saturated rings. The molecule has 3 aromatic carbocycles. The topological polar surface area (TPSA) is 87.3 Å². The number of amides is 2. The first-order chi connectivity index (χ1) is 16.3. The Labute approximate surface area is 200 Å². The highest BCUT2D eigenvalue weighted by Crippen LogP contribution is 2.29. The Morgan fingerprint density at radius 3 is 2.47 bits per heavy atom. The van der Waals surface area contributed by atoms with Crippen molar-refractivity contribution in [2.24, 2.45) is 0 Å². The monoisotopic (exact) mass is 457 g/mol. The molecule has 4 rings (SSSR count). The molecule has 2 amide bonds. The van der Waals surface area contributed by atoms with Gasteiger partial charge in [-0.05, 0) is 80.6 Å². The Bertz CT molecular complexity index is 1270. The maximum absolute atomic E-state index is 13.5. The molecule has 0 aliphatic carbocycles. The lowest BCUT2D eigenvalue weighted by atomic mass is 9.92. The van der Waals surface area contributed by atoms with Crippen molar-refractivity contribution in [3.05, 3.63) is 76.3 Å². The van der Waals surface area contributed by atoms with Crippen molar-refractivity contribution >= 4 is 34.1 Å². The number of Topliss-reactive ketones (excluding diaryl/α,β-unsaturated/α-hetero) is 1. The van der Waals surface area contributed by atoms with Crippen molar-refractivity contribution in [1.29, 1.82) is 0 Å². The number of carbonyl (C=O) groups is 3. The lowest BCUT2D eigenvalue weighted by Gasteiger charge is -2.21. The zero-order valence-corrected chi connectivity index (χ0v) is 20.1. The average Bonchev–Trinajstić information content (AvgIpc) is 3.35. The first kappa shape index (κ1) is 23.6. The standard InChI is InChI=1S/C28H31N3O3/c1-16-23(19(4)32)15-25(31-27(33)24-13-8-14-29-24)17(2)26(16)28(34)30-18(3)21-12-7-10-20-9-5-6-11-22(20)21/h5-7,9-12,15,18,24,29H,8,13-14H2,1-4H3,(H,30,34)(H,31,33)/t18-,24+/m1/s1. The van der Waals surface area contributed by atoms with Crippen LogP contribution < -0.4 is 16.0 Å². The summed E-state index contributed by atoms with van der Waals surface area (Å²) in [4.78, 5) is 38.7. The highest BCUT2D eigenvalue weighted by Gasteiger charge is 2.26. The van der Waals surface area contributed by atoms with Gasteiger partial charge in [0.25, 0.3) is 5.91 Å². The molecule has 3 aromatic rings. The van der Waals surface area contributed by atoms with Crippen LogP contribution in [0.15, 0.2) is 48.5 Å². The smallest absolute Gasteiger partial charge is 0.252 e. The van der Waals surface area contributed by atoms with Gasteiger partial charge < -0.3 is 16.0 Å². The molecule has 176 valence electrons. The van der Waals surface area contributed by atoms with Gasteiger partial charge in [0, 0.05) is 16.8 Å². The summed E-state index contributed by atoms with van der Waals surface area (Å²) in [5.41, 5.74) is 3.64. The summed E-state index contributed by atoms with van der Waals surface area (Å²) in [5, 5.41) is 11.4. The van der Waals surface area contributed by atoms with Crippen molar-refractivity contribution in [2.45, 2.75) is 52.6 Å². The number of rotatable bonds is 6. The van der Waals surface area contributed by atoms with Crippen molar-refractivity contribution < 1.29 is 14.4 Å². The van der Waals surface area contributed by atoms with Crippen LogP contribution in [0.5, 0.6) is 0 Å². The van der Waals surface area contributed by atoms with Crippen LogP contribution >= 0.6 is 0 Å².